The van der Waals surface area contributed by atoms with Crippen molar-refractivity contribution >= 4 is 17.0 Å². The first-order valence-electron chi connectivity index (χ1n) is 6.98. The molecule has 1 aliphatic heterocycles. The molecule has 106 valence electrons. The third kappa shape index (κ3) is 1.68. The molecule has 1 atom stereocenters. The van der Waals surface area contributed by atoms with Crippen LogP contribution >= 0.6 is 0 Å². The minimum Gasteiger partial charge on any atom is -0.384 e. The molecule has 0 radical (unpaired) electrons. The SMILES string of the molecule is N#CC1=C(N)Nc2nc3ccccc3n2C1c1ccccc1. The van der Waals surface area contributed by atoms with E-state index in [0.717, 1.165) is 16.6 Å². The third-order valence-electron chi connectivity index (χ3n) is 3.90. The summed E-state index contributed by atoms with van der Waals surface area (Å²) in [6.07, 6.45) is 0. The van der Waals surface area contributed by atoms with Crippen LogP contribution in [-0.4, -0.2) is 9.55 Å². The van der Waals surface area contributed by atoms with Gasteiger partial charge in [0, 0.05) is 0 Å². The number of nitrogens with one attached hydrogen (secondary N) is 1. The van der Waals surface area contributed by atoms with Crippen molar-refractivity contribution in [1.29, 1.82) is 5.26 Å². The molecule has 0 saturated heterocycles. The highest BCUT2D eigenvalue weighted by Gasteiger charge is 2.30. The molecule has 2 aromatic carbocycles. The molecule has 1 aromatic heterocycles. The smallest absolute Gasteiger partial charge is 0.210 e. The lowest BCUT2D eigenvalue weighted by Gasteiger charge is -2.27. The van der Waals surface area contributed by atoms with Crippen LogP contribution < -0.4 is 11.1 Å². The number of hydrogen-bond donors (Lipinski definition) is 2. The summed E-state index contributed by atoms with van der Waals surface area (Å²) in [5.74, 6) is 1.02. The summed E-state index contributed by atoms with van der Waals surface area (Å²) >= 11 is 0. The van der Waals surface area contributed by atoms with Crippen molar-refractivity contribution in [2.24, 2.45) is 5.73 Å². The maximum Gasteiger partial charge on any atom is 0.210 e. The van der Waals surface area contributed by atoms with Crippen molar-refractivity contribution in [2.75, 3.05) is 5.32 Å². The van der Waals surface area contributed by atoms with Gasteiger partial charge in [0.25, 0.3) is 0 Å². The number of hydrogen-bond acceptors (Lipinski definition) is 4. The Morgan fingerprint density at radius 3 is 2.59 bits per heavy atom. The third-order valence-corrected chi connectivity index (χ3v) is 3.90. The average molecular weight is 287 g/mol. The van der Waals surface area contributed by atoms with E-state index in [1.807, 2.05) is 59.2 Å². The van der Waals surface area contributed by atoms with Gasteiger partial charge in [-0.05, 0) is 17.7 Å². The van der Waals surface area contributed by atoms with E-state index in [9.17, 15) is 5.26 Å². The van der Waals surface area contributed by atoms with Gasteiger partial charge in [0.1, 0.15) is 17.9 Å². The lowest BCUT2D eigenvalue weighted by Crippen LogP contribution is -2.27. The second kappa shape index (κ2) is 4.64. The normalized spacial score (nSPS) is 17.0. The standard InChI is InChI=1S/C17H13N5/c18-10-12-15(11-6-2-1-3-7-11)22-14-9-5-4-8-13(14)20-17(22)21-16(12)19/h1-9,15H,19H2,(H,20,21). The number of anilines is 1. The number of nitrogens with zero attached hydrogens (tertiary/aromatic N) is 3. The quantitative estimate of drug-likeness (QED) is 0.721. The Labute approximate surface area is 127 Å². The van der Waals surface area contributed by atoms with Crippen molar-refractivity contribution in [3.8, 4) is 6.07 Å². The van der Waals surface area contributed by atoms with E-state index < -0.39 is 0 Å². The number of aromatic nitrogens is 2. The van der Waals surface area contributed by atoms with Crippen LogP contribution in [0, 0.1) is 11.3 Å². The zero-order chi connectivity index (χ0) is 15.1. The fraction of sp³-hybridized carbons (Fsp3) is 0.0588. The summed E-state index contributed by atoms with van der Waals surface area (Å²) in [6.45, 7) is 0. The Balaban J connectivity index is 2.05. The summed E-state index contributed by atoms with van der Waals surface area (Å²) < 4.78 is 2.03. The number of nitrogens with two attached hydrogens (primary N) is 1. The van der Waals surface area contributed by atoms with E-state index in [0.29, 0.717) is 17.3 Å². The van der Waals surface area contributed by atoms with Gasteiger partial charge in [0.05, 0.1) is 16.6 Å². The Hall–Kier alpha value is -3.26. The van der Waals surface area contributed by atoms with E-state index in [-0.39, 0.29) is 6.04 Å². The zero-order valence-corrected chi connectivity index (χ0v) is 11.7. The van der Waals surface area contributed by atoms with Gasteiger partial charge in [-0.25, -0.2) is 4.98 Å². The number of nitriles is 1. The van der Waals surface area contributed by atoms with Crippen molar-refractivity contribution in [3.63, 3.8) is 0 Å². The highest BCUT2D eigenvalue weighted by molar-refractivity contribution is 5.80. The van der Waals surface area contributed by atoms with Crippen LogP contribution in [0.25, 0.3) is 11.0 Å². The van der Waals surface area contributed by atoms with E-state index >= 15 is 0 Å². The van der Waals surface area contributed by atoms with Crippen LogP contribution in [0.2, 0.25) is 0 Å². The maximum atomic E-state index is 9.57. The minimum absolute atomic E-state index is 0.269. The molecule has 1 aliphatic rings. The molecular weight excluding hydrogens is 274 g/mol. The Morgan fingerprint density at radius 1 is 1.09 bits per heavy atom. The number of allylic oxidation sites excluding steroid dienone is 1. The number of para-hydroxylation sites is 2. The first-order valence-corrected chi connectivity index (χ1v) is 6.98. The van der Waals surface area contributed by atoms with Gasteiger partial charge in [-0.15, -0.1) is 0 Å². The van der Waals surface area contributed by atoms with Crippen LogP contribution in [0.1, 0.15) is 11.6 Å². The van der Waals surface area contributed by atoms with E-state index in [4.69, 9.17) is 5.73 Å². The van der Waals surface area contributed by atoms with Crippen molar-refractivity contribution in [1.82, 2.24) is 9.55 Å². The fourth-order valence-electron chi connectivity index (χ4n) is 2.93. The van der Waals surface area contributed by atoms with Gasteiger partial charge in [-0.2, -0.15) is 5.26 Å². The van der Waals surface area contributed by atoms with Crippen LogP contribution in [-0.2, 0) is 0 Å². The predicted octanol–water partition coefficient (Wildman–Crippen LogP) is 2.75. The molecular formula is C17H13N5. The van der Waals surface area contributed by atoms with Crippen LogP contribution in [0.15, 0.2) is 66.0 Å². The monoisotopic (exact) mass is 287 g/mol. The number of fused-ring (bicyclic) bond motifs is 3. The van der Waals surface area contributed by atoms with E-state index in [1.54, 1.807) is 0 Å². The molecule has 0 fully saturated rings. The van der Waals surface area contributed by atoms with Crippen LogP contribution in [0.5, 0.6) is 0 Å². The molecule has 0 aliphatic carbocycles. The second-order valence-corrected chi connectivity index (χ2v) is 5.17. The summed E-state index contributed by atoms with van der Waals surface area (Å²) in [5.41, 5.74) is 9.40. The topological polar surface area (TPSA) is 79.7 Å². The van der Waals surface area contributed by atoms with Crippen molar-refractivity contribution in [3.05, 3.63) is 71.6 Å². The largest absolute Gasteiger partial charge is 0.384 e. The van der Waals surface area contributed by atoms with Gasteiger partial charge >= 0.3 is 0 Å². The molecule has 5 nitrogen and oxygen atoms in total. The summed E-state index contributed by atoms with van der Waals surface area (Å²) in [4.78, 5) is 4.58. The summed E-state index contributed by atoms with van der Waals surface area (Å²) in [7, 11) is 0. The molecule has 3 aromatic rings. The minimum atomic E-state index is -0.269. The summed E-state index contributed by atoms with van der Waals surface area (Å²) in [6, 6.07) is 19.7. The van der Waals surface area contributed by atoms with Crippen molar-refractivity contribution < 1.29 is 0 Å². The van der Waals surface area contributed by atoms with E-state index in [2.05, 4.69) is 16.4 Å². The van der Waals surface area contributed by atoms with Gasteiger partial charge in [0.2, 0.25) is 5.95 Å². The molecule has 2 heterocycles. The molecule has 5 heteroatoms. The fourth-order valence-corrected chi connectivity index (χ4v) is 2.93. The molecule has 0 saturated carbocycles. The van der Waals surface area contributed by atoms with E-state index in [1.165, 1.54) is 0 Å². The first-order chi connectivity index (χ1) is 10.8. The molecule has 3 N–H and O–H groups in total. The van der Waals surface area contributed by atoms with Gasteiger partial charge in [0.15, 0.2) is 0 Å². The molecule has 0 spiro atoms. The van der Waals surface area contributed by atoms with Gasteiger partial charge in [-0.3, -0.25) is 4.57 Å². The lowest BCUT2D eigenvalue weighted by atomic mass is 9.97. The molecule has 1 unspecified atom stereocenters. The predicted molar refractivity (Wildman–Crippen MR) is 84.8 cm³/mol. The first kappa shape index (κ1) is 12.5. The highest BCUT2D eigenvalue weighted by Crippen LogP contribution is 2.37. The Kier molecular flexibility index (Phi) is 2.63. The van der Waals surface area contributed by atoms with Crippen LogP contribution in [0.3, 0.4) is 0 Å². The highest BCUT2D eigenvalue weighted by atomic mass is 15.3. The number of benzene rings is 2. The average Bonchev–Trinajstić information content (AvgIpc) is 2.92. The number of rotatable bonds is 1. The number of imidazole rings is 1. The maximum absolute atomic E-state index is 9.57. The van der Waals surface area contributed by atoms with Crippen LogP contribution in [0.4, 0.5) is 5.95 Å². The van der Waals surface area contributed by atoms with Crippen molar-refractivity contribution in [2.45, 2.75) is 6.04 Å². The lowest BCUT2D eigenvalue weighted by molar-refractivity contribution is 0.680. The molecule has 0 amide bonds. The Morgan fingerprint density at radius 2 is 1.82 bits per heavy atom. The Bertz CT molecular complexity index is 931. The summed E-state index contributed by atoms with van der Waals surface area (Å²) in [5, 5.41) is 12.6. The van der Waals surface area contributed by atoms with Gasteiger partial charge < -0.3 is 11.1 Å². The molecule has 4 rings (SSSR count). The van der Waals surface area contributed by atoms with Gasteiger partial charge in [-0.1, -0.05) is 42.5 Å². The molecule has 0 bridgehead atoms. The molecule has 22 heavy (non-hydrogen) atoms. The second-order valence-electron chi connectivity index (χ2n) is 5.17. The zero-order valence-electron chi connectivity index (χ0n) is 11.7.